The number of anilines is 1. The molecule has 0 amide bonds. The average molecular weight is 498 g/mol. The normalized spacial score (nSPS) is 18.9. The van der Waals surface area contributed by atoms with E-state index in [1.807, 2.05) is 0 Å². The van der Waals surface area contributed by atoms with Crippen molar-refractivity contribution in [3.8, 4) is 0 Å². The fraction of sp³-hybridized carbons (Fsp3) is 0.450. The minimum Gasteiger partial charge on any atom is -0.393 e. The Hall–Kier alpha value is -1.69. The summed E-state index contributed by atoms with van der Waals surface area (Å²) < 4.78 is 54.6. The van der Waals surface area contributed by atoms with E-state index in [0.29, 0.717) is 0 Å². The third-order valence-electron chi connectivity index (χ3n) is 5.35. The van der Waals surface area contributed by atoms with Gasteiger partial charge in [-0.15, -0.1) is 0 Å². The van der Waals surface area contributed by atoms with Crippen LogP contribution in [-0.4, -0.2) is 51.3 Å². The molecule has 32 heavy (non-hydrogen) atoms. The molecule has 6 nitrogen and oxygen atoms in total. The zero-order valence-corrected chi connectivity index (χ0v) is 18.1. The quantitative estimate of drug-likeness (QED) is 0.355. The minimum absolute atomic E-state index is 0.00506. The number of rotatable bonds is 6. The Morgan fingerprint density at radius 3 is 2.34 bits per heavy atom. The number of pyridine rings is 1. The molecular weight excluding hydrogens is 477 g/mol. The lowest BCUT2D eigenvalue weighted by atomic mass is 9.89. The minimum atomic E-state index is -4.65. The van der Waals surface area contributed by atoms with Gasteiger partial charge in [0.1, 0.15) is 6.10 Å². The van der Waals surface area contributed by atoms with Crippen molar-refractivity contribution in [2.75, 3.05) is 25.0 Å². The molecule has 0 spiro atoms. The van der Waals surface area contributed by atoms with E-state index in [4.69, 9.17) is 28.3 Å². The summed E-state index contributed by atoms with van der Waals surface area (Å²) in [5, 5.41) is 31.2. The summed E-state index contributed by atoms with van der Waals surface area (Å²) in [6.07, 6.45) is -6.09. The van der Waals surface area contributed by atoms with Crippen LogP contribution in [0.1, 0.15) is 35.8 Å². The molecule has 2 atom stereocenters. The van der Waals surface area contributed by atoms with Gasteiger partial charge in [-0.05, 0) is 24.3 Å². The predicted octanol–water partition coefficient (Wildman–Crippen LogP) is 4.08. The first-order valence-corrected chi connectivity index (χ1v) is 10.4. The lowest BCUT2D eigenvalue weighted by molar-refractivity contribution is -0.137. The van der Waals surface area contributed by atoms with E-state index in [2.05, 4.69) is 10.3 Å². The third kappa shape index (κ3) is 5.44. The number of likely N-dealkylation sites (tertiary alicyclic amines) is 1. The van der Waals surface area contributed by atoms with Gasteiger partial charge in [0.2, 0.25) is 0 Å². The Kier molecular flexibility index (Phi) is 7.53. The van der Waals surface area contributed by atoms with Gasteiger partial charge in [0, 0.05) is 43.4 Å². The SMILES string of the molecule is OC[C@@H](O)c1cnc(C2(F)CCN(C(O)Nc3ccc(Cl)c(C(F)(F)F)c3)CC2)c(Cl)c1. The van der Waals surface area contributed by atoms with E-state index >= 15 is 4.39 Å². The van der Waals surface area contributed by atoms with Crippen LogP contribution in [0.3, 0.4) is 0 Å². The molecule has 1 unspecified atom stereocenters. The Morgan fingerprint density at radius 2 is 1.78 bits per heavy atom. The topological polar surface area (TPSA) is 88.9 Å². The molecule has 0 aliphatic carbocycles. The van der Waals surface area contributed by atoms with Gasteiger partial charge in [-0.25, -0.2) is 4.39 Å². The standard InChI is InChI=1S/C20H21Cl2F4N3O3/c21-14-2-1-12(8-13(14)20(24,25)26)28-18(32)29-5-3-19(23,4-6-29)17-15(22)7-11(9-27-17)16(31)10-30/h1-2,7-9,16,18,28,30-32H,3-6,10H2/t16-,18?/m1/s1. The second-order valence-electron chi connectivity index (χ2n) is 7.51. The number of hydrogen-bond acceptors (Lipinski definition) is 6. The van der Waals surface area contributed by atoms with E-state index in [1.165, 1.54) is 23.2 Å². The Labute approximate surface area is 191 Å². The van der Waals surface area contributed by atoms with Crippen molar-refractivity contribution in [2.45, 2.75) is 37.1 Å². The molecule has 4 N–H and O–H groups in total. The zero-order chi connectivity index (χ0) is 23.7. The average Bonchev–Trinajstić information content (AvgIpc) is 2.73. The monoisotopic (exact) mass is 497 g/mol. The summed E-state index contributed by atoms with van der Waals surface area (Å²) in [5.41, 5.74) is -2.67. The summed E-state index contributed by atoms with van der Waals surface area (Å²) in [7, 11) is 0. The molecule has 1 aromatic heterocycles. The van der Waals surface area contributed by atoms with Gasteiger partial charge in [0.05, 0.1) is 27.9 Å². The van der Waals surface area contributed by atoms with E-state index in [1.54, 1.807) is 0 Å². The van der Waals surface area contributed by atoms with E-state index in [0.717, 1.165) is 12.1 Å². The first kappa shape index (κ1) is 24.9. The third-order valence-corrected chi connectivity index (χ3v) is 5.97. The van der Waals surface area contributed by atoms with Crippen LogP contribution in [0.5, 0.6) is 0 Å². The number of hydrogen-bond donors (Lipinski definition) is 4. The molecule has 12 heteroatoms. The number of aliphatic hydroxyl groups excluding tert-OH is 3. The Morgan fingerprint density at radius 1 is 1.12 bits per heavy atom. The summed E-state index contributed by atoms with van der Waals surface area (Å²) in [5.74, 6) is 0. The number of halogens is 6. The number of nitrogens with zero attached hydrogens (tertiary/aromatic N) is 2. The highest BCUT2D eigenvalue weighted by Gasteiger charge is 2.41. The van der Waals surface area contributed by atoms with Crippen molar-refractivity contribution in [1.82, 2.24) is 9.88 Å². The van der Waals surface area contributed by atoms with Crippen molar-refractivity contribution in [3.63, 3.8) is 0 Å². The zero-order valence-electron chi connectivity index (χ0n) is 16.6. The van der Waals surface area contributed by atoms with Crippen LogP contribution in [0, 0.1) is 0 Å². The maximum absolute atomic E-state index is 15.5. The van der Waals surface area contributed by atoms with Gasteiger partial charge in [0.15, 0.2) is 12.0 Å². The van der Waals surface area contributed by atoms with E-state index in [9.17, 15) is 23.4 Å². The molecule has 1 saturated heterocycles. The number of nitrogens with one attached hydrogen (secondary N) is 1. The van der Waals surface area contributed by atoms with Gasteiger partial charge in [-0.3, -0.25) is 9.88 Å². The molecule has 3 rings (SSSR count). The molecule has 1 aliphatic rings. The number of aliphatic hydroxyl groups is 3. The molecular formula is C20H21Cl2F4N3O3. The van der Waals surface area contributed by atoms with Crippen LogP contribution in [-0.2, 0) is 11.8 Å². The van der Waals surface area contributed by atoms with Gasteiger partial charge in [-0.1, -0.05) is 23.2 Å². The second-order valence-corrected chi connectivity index (χ2v) is 8.32. The van der Waals surface area contributed by atoms with Crippen LogP contribution in [0.4, 0.5) is 23.2 Å². The highest BCUT2D eigenvalue weighted by molar-refractivity contribution is 6.31. The van der Waals surface area contributed by atoms with Crippen LogP contribution in [0.15, 0.2) is 30.5 Å². The molecule has 1 aromatic carbocycles. The predicted molar refractivity (Wildman–Crippen MR) is 111 cm³/mol. The van der Waals surface area contributed by atoms with Gasteiger partial charge < -0.3 is 20.6 Å². The molecule has 2 aromatic rings. The lowest BCUT2D eigenvalue weighted by Gasteiger charge is -2.38. The Bertz CT molecular complexity index is 956. The fourth-order valence-corrected chi connectivity index (χ4v) is 4.07. The fourth-order valence-electron chi connectivity index (χ4n) is 3.50. The molecule has 0 saturated carbocycles. The smallest absolute Gasteiger partial charge is 0.393 e. The first-order chi connectivity index (χ1) is 14.9. The number of benzene rings is 1. The maximum Gasteiger partial charge on any atom is 0.417 e. The van der Waals surface area contributed by atoms with Crippen molar-refractivity contribution < 1.29 is 32.9 Å². The molecule has 176 valence electrons. The van der Waals surface area contributed by atoms with Crippen LogP contribution in [0.25, 0.3) is 0 Å². The summed E-state index contributed by atoms with van der Waals surface area (Å²) in [4.78, 5) is 5.50. The second kappa shape index (κ2) is 9.66. The van der Waals surface area contributed by atoms with E-state index < -0.39 is 41.5 Å². The van der Waals surface area contributed by atoms with Gasteiger partial charge >= 0.3 is 6.18 Å². The van der Waals surface area contributed by atoms with Gasteiger partial charge in [-0.2, -0.15) is 13.2 Å². The lowest BCUT2D eigenvalue weighted by Crippen LogP contribution is -2.48. The van der Waals surface area contributed by atoms with Crippen molar-refractivity contribution in [2.24, 2.45) is 0 Å². The Balaban J connectivity index is 1.66. The number of alkyl halides is 4. The van der Waals surface area contributed by atoms with Crippen molar-refractivity contribution in [1.29, 1.82) is 0 Å². The molecule has 1 aliphatic heterocycles. The maximum atomic E-state index is 15.5. The van der Waals surface area contributed by atoms with Crippen LogP contribution >= 0.6 is 23.2 Å². The molecule has 0 bridgehead atoms. The molecule has 1 fully saturated rings. The van der Waals surface area contributed by atoms with Crippen molar-refractivity contribution in [3.05, 3.63) is 57.3 Å². The summed E-state index contributed by atoms with van der Waals surface area (Å²) in [6, 6.07) is 4.51. The molecule has 2 heterocycles. The highest BCUT2D eigenvalue weighted by Crippen LogP contribution is 2.40. The van der Waals surface area contributed by atoms with E-state index in [-0.39, 0.29) is 47.9 Å². The largest absolute Gasteiger partial charge is 0.417 e. The van der Waals surface area contributed by atoms with Crippen LogP contribution in [0.2, 0.25) is 10.0 Å². The first-order valence-electron chi connectivity index (χ1n) is 9.64. The highest BCUT2D eigenvalue weighted by atomic mass is 35.5. The number of aromatic nitrogens is 1. The summed E-state index contributed by atoms with van der Waals surface area (Å²) in [6.45, 7) is -0.386. The number of piperidine rings is 1. The molecule has 0 radical (unpaired) electrons. The van der Waals surface area contributed by atoms with Crippen LogP contribution < -0.4 is 5.32 Å². The summed E-state index contributed by atoms with van der Waals surface area (Å²) >= 11 is 11.7. The van der Waals surface area contributed by atoms with Crippen molar-refractivity contribution >= 4 is 28.9 Å². The van der Waals surface area contributed by atoms with Gasteiger partial charge in [0.25, 0.3) is 0 Å².